The summed E-state index contributed by atoms with van der Waals surface area (Å²) in [5.41, 5.74) is 0. The van der Waals surface area contributed by atoms with Gasteiger partial charge in [-0.15, -0.1) is 0 Å². The second-order valence-electron chi connectivity index (χ2n) is 5.91. The summed E-state index contributed by atoms with van der Waals surface area (Å²) in [4.78, 5) is 2.30. The van der Waals surface area contributed by atoms with Crippen LogP contribution in [0.15, 0.2) is 0 Å². The molecule has 0 bridgehead atoms. The molecule has 0 unspecified atom stereocenters. The molecule has 0 aromatic heterocycles. The molecule has 6 heteroatoms. The molecule has 1 aliphatic carbocycles. The summed E-state index contributed by atoms with van der Waals surface area (Å²) in [6.45, 7) is 3.99. The van der Waals surface area contributed by atoms with Crippen molar-refractivity contribution in [1.29, 1.82) is 0 Å². The molecular weight excluding hydrogens is 278 g/mol. The molecule has 118 valence electrons. The Bertz CT molecular complexity index is 393. The van der Waals surface area contributed by atoms with E-state index in [1.807, 2.05) is 0 Å². The monoisotopic (exact) mass is 305 g/mol. The Morgan fingerprint density at radius 2 is 1.80 bits per heavy atom. The van der Waals surface area contributed by atoms with E-state index in [2.05, 4.69) is 11.9 Å². The lowest BCUT2D eigenvalue weighted by Crippen LogP contribution is -2.43. The van der Waals surface area contributed by atoms with Crippen molar-refractivity contribution in [2.24, 2.45) is 0 Å². The normalized spacial score (nSPS) is 23.8. The predicted molar refractivity (Wildman–Crippen MR) is 78.5 cm³/mol. The third kappa shape index (κ3) is 4.16. The molecule has 0 atom stereocenters. The summed E-state index contributed by atoms with van der Waals surface area (Å²) < 4.78 is 34.4. The van der Waals surface area contributed by atoms with E-state index < -0.39 is 9.84 Å². The molecule has 1 spiro atoms. The van der Waals surface area contributed by atoms with Crippen LogP contribution in [0.4, 0.5) is 0 Å². The number of rotatable bonds is 6. The van der Waals surface area contributed by atoms with Crippen molar-refractivity contribution in [2.75, 3.05) is 38.3 Å². The lowest BCUT2D eigenvalue weighted by Gasteiger charge is -2.39. The van der Waals surface area contributed by atoms with E-state index in [9.17, 15) is 8.42 Å². The van der Waals surface area contributed by atoms with Crippen LogP contribution in [0, 0.1) is 0 Å². The summed E-state index contributed by atoms with van der Waals surface area (Å²) in [5.74, 6) is 0.247. The molecule has 2 aliphatic rings. The van der Waals surface area contributed by atoms with Crippen molar-refractivity contribution >= 4 is 9.84 Å². The zero-order valence-corrected chi connectivity index (χ0v) is 13.5. The smallest absolute Gasteiger partial charge is 0.168 e. The summed E-state index contributed by atoms with van der Waals surface area (Å²) in [6.07, 6.45) is 4.76. The molecule has 1 saturated carbocycles. The summed E-state index contributed by atoms with van der Waals surface area (Å²) in [5, 5.41) is 0. The van der Waals surface area contributed by atoms with Gasteiger partial charge in [0.15, 0.2) is 5.79 Å². The van der Waals surface area contributed by atoms with Gasteiger partial charge >= 0.3 is 0 Å². The predicted octanol–water partition coefficient (Wildman–Crippen LogP) is 1.43. The minimum absolute atomic E-state index is 0.247. The molecule has 0 amide bonds. The zero-order valence-electron chi connectivity index (χ0n) is 12.6. The Hall–Kier alpha value is -0.170. The maximum Gasteiger partial charge on any atom is 0.168 e. The highest BCUT2D eigenvalue weighted by Crippen LogP contribution is 2.37. The summed E-state index contributed by atoms with van der Waals surface area (Å²) in [6, 6.07) is 0.526. The van der Waals surface area contributed by atoms with Crippen molar-refractivity contribution < 1.29 is 17.9 Å². The third-order valence-electron chi connectivity index (χ3n) is 4.56. The minimum Gasteiger partial charge on any atom is -0.348 e. The highest BCUT2D eigenvalue weighted by molar-refractivity contribution is 7.91. The van der Waals surface area contributed by atoms with Gasteiger partial charge in [-0.05, 0) is 32.9 Å². The molecule has 0 N–H and O–H groups in total. The Labute approximate surface area is 122 Å². The highest BCUT2D eigenvalue weighted by atomic mass is 32.2. The van der Waals surface area contributed by atoms with Gasteiger partial charge in [-0.3, -0.25) is 0 Å². The van der Waals surface area contributed by atoms with E-state index in [1.165, 1.54) is 0 Å². The maximum absolute atomic E-state index is 11.5. The fraction of sp³-hybridized carbons (Fsp3) is 1.00. The Balaban J connectivity index is 1.70. The highest BCUT2D eigenvalue weighted by Gasteiger charge is 2.40. The number of sulfone groups is 1. The first kappa shape index (κ1) is 16.2. The van der Waals surface area contributed by atoms with Crippen LogP contribution in [0.1, 0.15) is 39.0 Å². The second-order valence-corrected chi connectivity index (χ2v) is 8.38. The molecule has 5 nitrogen and oxygen atoms in total. The van der Waals surface area contributed by atoms with Gasteiger partial charge in [-0.2, -0.15) is 0 Å². The van der Waals surface area contributed by atoms with E-state index in [1.54, 1.807) is 6.92 Å². The van der Waals surface area contributed by atoms with Crippen LogP contribution < -0.4 is 0 Å². The average Bonchev–Trinajstić information content (AvgIpc) is 2.87. The molecule has 0 radical (unpaired) electrons. The van der Waals surface area contributed by atoms with Gasteiger partial charge in [0.25, 0.3) is 0 Å². The van der Waals surface area contributed by atoms with Crippen LogP contribution >= 0.6 is 0 Å². The van der Waals surface area contributed by atoms with Gasteiger partial charge in [0.05, 0.1) is 19.0 Å². The molecule has 1 heterocycles. The van der Waals surface area contributed by atoms with Gasteiger partial charge in [-0.25, -0.2) is 8.42 Å². The van der Waals surface area contributed by atoms with Crippen molar-refractivity contribution in [3.05, 3.63) is 0 Å². The van der Waals surface area contributed by atoms with Crippen molar-refractivity contribution in [3.63, 3.8) is 0 Å². The molecular formula is C14H27NO4S. The molecule has 2 rings (SSSR count). The van der Waals surface area contributed by atoms with Crippen LogP contribution in [0.3, 0.4) is 0 Å². The number of nitrogens with zero attached hydrogens (tertiary/aromatic N) is 1. The van der Waals surface area contributed by atoms with Crippen molar-refractivity contribution in [1.82, 2.24) is 4.90 Å². The fourth-order valence-corrected chi connectivity index (χ4v) is 3.99. The first-order chi connectivity index (χ1) is 9.46. The third-order valence-corrected chi connectivity index (χ3v) is 6.35. The van der Waals surface area contributed by atoms with Gasteiger partial charge in [0.1, 0.15) is 9.84 Å². The van der Waals surface area contributed by atoms with E-state index in [4.69, 9.17) is 9.47 Å². The Morgan fingerprint density at radius 3 is 2.35 bits per heavy atom. The molecule has 0 aromatic carbocycles. The fourth-order valence-electron chi connectivity index (χ4n) is 3.13. The van der Waals surface area contributed by atoms with Gasteiger partial charge in [0, 0.05) is 24.6 Å². The Kier molecular flexibility index (Phi) is 5.45. The van der Waals surface area contributed by atoms with E-state index in [0.29, 0.717) is 11.8 Å². The number of ether oxygens (including phenoxy) is 2. The lowest BCUT2D eigenvalue weighted by atomic mass is 9.89. The SMILES string of the molecule is CCS(=O)(=O)CCCN(C)C1CCC2(CC1)OCCO2. The summed E-state index contributed by atoms with van der Waals surface area (Å²) in [7, 11) is -0.736. The van der Waals surface area contributed by atoms with Crippen LogP contribution in [-0.4, -0.2) is 63.5 Å². The largest absolute Gasteiger partial charge is 0.348 e. The first-order valence-electron chi connectivity index (χ1n) is 7.65. The zero-order chi connectivity index (χ0) is 14.6. The molecule has 1 saturated heterocycles. The Morgan fingerprint density at radius 1 is 1.20 bits per heavy atom. The van der Waals surface area contributed by atoms with Gasteiger partial charge < -0.3 is 14.4 Å². The first-order valence-corrected chi connectivity index (χ1v) is 9.47. The minimum atomic E-state index is -2.83. The van der Waals surface area contributed by atoms with Crippen LogP contribution in [0.2, 0.25) is 0 Å². The van der Waals surface area contributed by atoms with Crippen molar-refractivity contribution in [2.45, 2.75) is 50.9 Å². The lowest BCUT2D eigenvalue weighted by molar-refractivity contribution is -0.183. The quantitative estimate of drug-likeness (QED) is 0.743. The maximum atomic E-state index is 11.5. The average molecular weight is 305 g/mol. The van der Waals surface area contributed by atoms with Crippen LogP contribution in [-0.2, 0) is 19.3 Å². The number of hydrogen-bond donors (Lipinski definition) is 0. The van der Waals surface area contributed by atoms with Crippen molar-refractivity contribution in [3.8, 4) is 0 Å². The second kappa shape index (κ2) is 6.73. The van der Waals surface area contributed by atoms with Gasteiger partial charge in [0.2, 0.25) is 0 Å². The van der Waals surface area contributed by atoms with E-state index >= 15 is 0 Å². The molecule has 2 fully saturated rings. The number of hydrogen-bond acceptors (Lipinski definition) is 5. The van der Waals surface area contributed by atoms with Gasteiger partial charge in [-0.1, -0.05) is 6.92 Å². The van der Waals surface area contributed by atoms with Crippen LogP contribution in [0.5, 0.6) is 0 Å². The summed E-state index contributed by atoms with van der Waals surface area (Å²) >= 11 is 0. The van der Waals surface area contributed by atoms with Crippen LogP contribution in [0.25, 0.3) is 0 Å². The molecule has 1 aliphatic heterocycles. The standard InChI is InChI=1S/C14H27NO4S/c1-3-20(16,17)12-4-9-15(2)13-5-7-14(8-6-13)18-10-11-19-14/h13H,3-12H2,1-2H3. The van der Waals surface area contributed by atoms with E-state index in [-0.39, 0.29) is 11.5 Å². The van der Waals surface area contributed by atoms with E-state index in [0.717, 1.165) is 51.9 Å². The molecule has 20 heavy (non-hydrogen) atoms. The topological polar surface area (TPSA) is 55.8 Å². The molecule has 0 aromatic rings.